The average molecular weight is 279 g/mol. The third-order valence-electron chi connectivity index (χ3n) is 1.24. The second-order valence-corrected chi connectivity index (χ2v) is 5.79. The molecule has 1 aromatic carbocycles. The summed E-state index contributed by atoms with van der Waals surface area (Å²) in [5.74, 6) is 0. The summed E-state index contributed by atoms with van der Waals surface area (Å²) in [5.41, 5.74) is 0.759. The van der Waals surface area contributed by atoms with Crippen LogP contribution in [0.15, 0.2) is 30.3 Å². The number of hydrogen-bond donors (Lipinski definition) is 2. The Hall–Kier alpha value is -0.282. The first-order chi connectivity index (χ1) is 5.58. The van der Waals surface area contributed by atoms with Crippen LogP contribution in [0.3, 0.4) is 0 Å². The summed E-state index contributed by atoms with van der Waals surface area (Å²) < 4.78 is 31.7. The molecule has 0 bridgehead atoms. The molecule has 0 aliphatic heterocycles. The van der Waals surface area contributed by atoms with Crippen molar-refractivity contribution in [3.8, 4) is 0 Å². The van der Waals surface area contributed by atoms with Gasteiger partial charge in [0.15, 0.2) is 0 Å². The minimum absolute atomic E-state index is 0.0249. The van der Waals surface area contributed by atoms with Gasteiger partial charge in [0.2, 0.25) is 0 Å². The zero-order valence-electron chi connectivity index (χ0n) is 6.25. The zero-order valence-corrected chi connectivity index (χ0v) is 8.80. The van der Waals surface area contributed by atoms with Crippen LogP contribution in [0.5, 0.6) is 0 Å². The molecule has 0 spiro atoms. The third-order valence-corrected chi connectivity index (χ3v) is 2.57. The van der Waals surface area contributed by atoms with Gasteiger partial charge in [0, 0.05) is 0 Å². The van der Waals surface area contributed by atoms with Gasteiger partial charge >= 0.3 is 75.4 Å². The van der Waals surface area contributed by atoms with Gasteiger partial charge in [0.1, 0.15) is 0 Å². The van der Waals surface area contributed by atoms with Crippen LogP contribution < -0.4 is 0 Å². The van der Waals surface area contributed by atoms with Gasteiger partial charge in [0.05, 0.1) is 0 Å². The first-order valence-electron chi connectivity index (χ1n) is 3.32. The molecule has 12 heavy (non-hydrogen) atoms. The molecule has 0 fully saturated rings. The molecule has 0 aromatic heterocycles. The number of benzene rings is 1. The van der Waals surface area contributed by atoms with Crippen LogP contribution in [0.1, 0.15) is 5.56 Å². The molecule has 0 radical (unpaired) electrons. The fourth-order valence-corrected chi connectivity index (χ4v) is 1.64. The van der Waals surface area contributed by atoms with Crippen LogP contribution in [0.25, 0.3) is 0 Å². The third kappa shape index (κ3) is 3.93. The zero-order chi connectivity index (χ0) is 9.03. The van der Waals surface area contributed by atoms with Gasteiger partial charge in [-0.25, -0.2) is 0 Å². The van der Waals surface area contributed by atoms with Crippen molar-refractivity contribution in [3.05, 3.63) is 35.9 Å². The molecule has 4 nitrogen and oxygen atoms in total. The molecular weight excluding hydrogens is 270 g/mol. The molecule has 0 saturated heterocycles. The summed E-state index contributed by atoms with van der Waals surface area (Å²) in [4.78, 5) is 0. The fraction of sp³-hybridized carbons (Fsp3) is 0.143. The molecule has 0 heterocycles. The van der Waals surface area contributed by atoms with Crippen molar-refractivity contribution >= 4 is 20.1 Å². The van der Waals surface area contributed by atoms with Gasteiger partial charge in [-0.2, -0.15) is 0 Å². The molecule has 1 aromatic rings. The maximum absolute atomic E-state index is 10.4. The Morgan fingerprint density at radius 3 is 2.33 bits per heavy atom. The number of rotatable bonds is 3. The van der Waals surface area contributed by atoms with Gasteiger partial charge in [-0.3, -0.25) is 0 Å². The summed E-state index contributed by atoms with van der Waals surface area (Å²) >= 11 is -5.16. The minimum atomic E-state index is -5.16. The molecule has 0 amide bonds. The van der Waals surface area contributed by atoms with E-state index < -0.39 is 20.1 Å². The maximum atomic E-state index is 10.4. The monoisotopic (exact) mass is 278 g/mol. The van der Waals surface area contributed by atoms with E-state index in [2.05, 4.69) is 3.02 Å². The molecule has 0 saturated carbocycles. The average Bonchev–Trinajstić information content (AvgIpc) is 2.02. The van der Waals surface area contributed by atoms with E-state index in [4.69, 9.17) is 6.77 Å². The van der Waals surface area contributed by atoms with Crippen LogP contribution >= 0.6 is 0 Å². The van der Waals surface area contributed by atoms with Gasteiger partial charge in [-0.05, 0) is 0 Å². The quantitative estimate of drug-likeness (QED) is 0.767. The van der Waals surface area contributed by atoms with E-state index in [1.54, 1.807) is 24.3 Å². The fourth-order valence-electron chi connectivity index (χ4n) is 0.733. The van der Waals surface area contributed by atoms with Crippen molar-refractivity contribution < 1.29 is 12.8 Å². The number of hydrogen-bond acceptors (Lipinski definition) is 2. The van der Waals surface area contributed by atoms with E-state index in [9.17, 15) is 3.02 Å². The van der Waals surface area contributed by atoms with Crippen molar-refractivity contribution in [2.24, 2.45) is 0 Å². The van der Waals surface area contributed by atoms with Crippen molar-refractivity contribution in [2.45, 2.75) is 6.61 Å². The van der Waals surface area contributed by atoms with E-state index in [1.807, 2.05) is 6.07 Å². The van der Waals surface area contributed by atoms with Crippen LogP contribution in [0.4, 0.5) is 0 Å². The van der Waals surface area contributed by atoms with Gasteiger partial charge in [-0.15, -0.1) is 0 Å². The Bertz CT molecular complexity index is 279. The first kappa shape index (κ1) is 9.80. The van der Waals surface area contributed by atoms with Gasteiger partial charge < -0.3 is 0 Å². The standard InChI is InChI=1S/C7H7O.2H2O.O.Sb/c8-6-7-4-2-1-3-5-7;;;;/h1-5H,6H2;2*1H2;;/q-1;;;;+3/p-2. The van der Waals surface area contributed by atoms with E-state index >= 15 is 0 Å². The van der Waals surface area contributed by atoms with Crippen LogP contribution in [0.2, 0.25) is 0 Å². The molecule has 0 aliphatic carbocycles. The second kappa shape index (κ2) is 4.10. The van der Waals surface area contributed by atoms with Gasteiger partial charge in [0.25, 0.3) is 0 Å². The second-order valence-electron chi connectivity index (χ2n) is 2.25. The van der Waals surface area contributed by atoms with Crippen molar-refractivity contribution in [2.75, 3.05) is 0 Å². The van der Waals surface area contributed by atoms with E-state index in [1.165, 1.54) is 0 Å². The summed E-state index contributed by atoms with van der Waals surface area (Å²) in [6.45, 7) is -0.0249. The summed E-state index contributed by atoms with van der Waals surface area (Å²) in [5, 5.41) is 0. The Labute approximate surface area is 75.5 Å². The van der Waals surface area contributed by atoms with Crippen LogP contribution in [-0.4, -0.2) is 26.8 Å². The van der Waals surface area contributed by atoms with Crippen molar-refractivity contribution in [1.82, 2.24) is 0 Å². The topological polar surface area (TPSA) is 66.8 Å². The molecule has 0 aliphatic rings. The van der Waals surface area contributed by atoms with Crippen LogP contribution in [0, 0.1) is 0 Å². The van der Waals surface area contributed by atoms with Crippen molar-refractivity contribution in [1.29, 1.82) is 0 Å². The summed E-state index contributed by atoms with van der Waals surface area (Å²) in [6.07, 6.45) is 0. The Morgan fingerprint density at radius 2 is 1.83 bits per heavy atom. The molecule has 66 valence electrons. The van der Waals surface area contributed by atoms with E-state index in [0.717, 1.165) is 5.56 Å². The van der Waals surface area contributed by atoms with E-state index in [0.29, 0.717) is 0 Å². The molecule has 5 heteroatoms. The van der Waals surface area contributed by atoms with Gasteiger partial charge in [-0.1, -0.05) is 0 Å². The molecule has 0 unspecified atom stereocenters. The first-order valence-corrected chi connectivity index (χ1v) is 7.69. The Morgan fingerprint density at radius 1 is 1.25 bits per heavy atom. The Kier molecular flexibility index (Phi) is 3.35. The molecular formula is C7H9O4Sb. The normalized spacial score (nSPS) is 11.5. The van der Waals surface area contributed by atoms with E-state index in [-0.39, 0.29) is 6.61 Å². The molecule has 0 atom stereocenters. The predicted octanol–water partition coefficient (Wildman–Crippen LogP) is 0.0539. The SMILES string of the molecule is [O]=[Sb]([OH])([OH])[O]Cc1ccccc1. The van der Waals surface area contributed by atoms with Crippen LogP contribution in [-0.2, 0) is 12.6 Å². The Balaban J connectivity index is 2.50. The summed E-state index contributed by atoms with van der Waals surface area (Å²) in [6, 6.07) is 8.89. The molecule has 2 N–H and O–H groups in total. The summed E-state index contributed by atoms with van der Waals surface area (Å²) in [7, 11) is 0. The predicted molar refractivity (Wildman–Crippen MR) is 42.1 cm³/mol. The molecule has 1 rings (SSSR count). The van der Waals surface area contributed by atoms with Crippen molar-refractivity contribution in [3.63, 3.8) is 0 Å².